The molecule has 2 fully saturated rings. The monoisotopic (exact) mass is 516 g/mol. The summed E-state index contributed by atoms with van der Waals surface area (Å²) in [6.07, 6.45) is 7.80. The highest BCUT2D eigenvalue weighted by Gasteiger charge is 2.46. The Hall–Kier alpha value is -2.95. The highest BCUT2D eigenvalue weighted by atomic mass is 35.5. The van der Waals surface area contributed by atoms with Gasteiger partial charge in [-0.05, 0) is 75.9 Å². The fourth-order valence-corrected chi connectivity index (χ4v) is 7.06. The highest BCUT2D eigenvalue weighted by Crippen LogP contribution is 2.45. The van der Waals surface area contributed by atoms with Crippen LogP contribution in [0.1, 0.15) is 60.3 Å². The molecule has 0 spiro atoms. The Bertz CT molecular complexity index is 1300. The lowest BCUT2D eigenvalue weighted by Crippen LogP contribution is -2.41. The van der Waals surface area contributed by atoms with Crippen molar-refractivity contribution in [2.45, 2.75) is 57.0 Å². The molecule has 8 heteroatoms. The molecule has 0 N–H and O–H groups in total. The molecule has 3 atom stereocenters. The fraction of sp³-hybridized carbons (Fsp3) is 0.517. The van der Waals surface area contributed by atoms with E-state index in [1.807, 2.05) is 30.1 Å². The molecule has 37 heavy (non-hydrogen) atoms. The van der Waals surface area contributed by atoms with Gasteiger partial charge in [-0.2, -0.15) is 5.10 Å². The van der Waals surface area contributed by atoms with Crippen LogP contribution in [0.5, 0.6) is 0 Å². The summed E-state index contributed by atoms with van der Waals surface area (Å²) in [4.78, 5) is 25.8. The number of aromatic nitrogens is 1. The summed E-state index contributed by atoms with van der Waals surface area (Å²) in [5.74, 6) is 0.910. The van der Waals surface area contributed by atoms with Gasteiger partial charge in [0.1, 0.15) is 5.69 Å². The molecule has 4 aliphatic rings. The number of anilines is 1. The molecule has 6 rings (SSSR count). The number of rotatable bonds is 4. The number of amides is 1. The molecular weight excluding hydrogens is 484 g/mol. The van der Waals surface area contributed by atoms with Crippen LogP contribution < -0.4 is 5.01 Å². The molecule has 3 heterocycles. The molecule has 2 aliphatic heterocycles. The van der Waals surface area contributed by atoms with Crippen LogP contribution in [-0.4, -0.2) is 65.7 Å². The van der Waals surface area contributed by atoms with Gasteiger partial charge in [-0.3, -0.25) is 9.80 Å². The van der Waals surface area contributed by atoms with Gasteiger partial charge >= 0.3 is 0 Å². The smallest absolute Gasteiger partial charge is 0.272 e. The standard InChI is InChI=1S/C29H33ClN6O/c1-31-25-11-8-19(16-23(25)30)36-28(18-6-4-5-7-18)22-10-12-24-21(27(22)33-36)9-13-26(32-24)29(37)35(3)20-14-15-34(2)17-20/h8-9,11,13,16,18,20,22,28H,4-7,10,12,14-15,17H2,2-3H3/t20-,22?,28?/m1/s1. The maximum atomic E-state index is 13.3. The number of carbonyl (C=O) groups is 1. The van der Waals surface area contributed by atoms with Gasteiger partial charge < -0.3 is 9.80 Å². The van der Waals surface area contributed by atoms with Crippen molar-refractivity contribution >= 4 is 34.6 Å². The second-order valence-electron chi connectivity index (χ2n) is 11.1. The molecule has 1 saturated carbocycles. The van der Waals surface area contributed by atoms with E-state index >= 15 is 0 Å². The largest absolute Gasteiger partial charge is 0.336 e. The molecule has 7 nitrogen and oxygen atoms in total. The average Bonchev–Trinajstić information content (AvgIpc) is 3.67. The predicted octanol–water partition coefficient (Wildman–Crippen LogP) is 5.41. The molecule has 1 aromatic heterocycles. The Labute approximate surface area is 223 Å². The molecule has 192 valence electrons. The van der Waals surface area contributed by atoms with Crippen LogP contribution in [-0.2, 0) is 6.42 Å². The van der Waals surface area contributed by atoms with E-state index in [1.54, 1.807) is 6.07 Å². The van der Waals surface area contributed by atoms with Crippen LogP contribution in [0.15, 0.2) is 35.4 Å². The quantitative estimate of drug-likeness (QED) is 0.510. The lowest BCUT2D eigenvalue weighted by atomic mass is 9.76. The zero-order valence-corrected chi connectivity index (χ0v) is 22.3. The van der Waals surface area contributed by atoms with Crippen molar-refractivity contribution < 1.29 is 4.79 Å². The molecule has 2 aliphatic carbocycles. The van der Waals surface area contributed by atoms with Crippen molar-refractivity contribution in [3.8, 4) is 0 Å². The van der Waals surface area contributed by atoms with Gasteiger partial charge in [0.25, 0.3) is 5.91 Å². The number of pyridine rings is 1. The Morgan fingerprint density at radius 2 is 1.97 bits per heavy atom. The van der Waals surface area contributed by atoms with E-state index in [9.17, 15) is 4.79 Å². The summed E-state index contributed by atoms with van der Waals surface area (Å²) < 4.78 is 0. The molecule has 1 amide bonds. The van der Waals surface area contributed by atoms with E-state index < -0.39 is 0 Å². The van der Waals surface area contributed by atoms with E-state index in [0.717, 1.165) is 55.0 Å². The van der Waals surface area contributed by atoms with Crippen molar-refractivity contribution in [1.82, 2.24) is 14.8 Å². The highest BCUT2D eigenvalue weighted by molar-refractivity contribution is 6.33. The number of hydrogen-bond donors (Lipinski definition) is 0. The van der Waals surface area contributed by atoms with E-state index in [2.05, 4.69) is 27.9 Å². The van der Waals surface area contributed by atoms with Crippen LogP contribution in [0.3, 0.4) is 0 Å². The minimum absolute atomic E-state index is 0.00131. The third kappa shape index (κ3) is 4.30. The Morgan fingerprint density at radius 1 is 1.16 bits per heavy atom. The summed E-state index contributed by atoms with van der Waals surface area (Å²) in [5, 5.41) is 7.84. The van der Waals surface area contributed by atoms with Gasteiger partial charge in [0.05, 0.1) is 29.7 Å². The first-order valence-corrected chi connectivity index (χ1v) is 13.8. The van der Waals surface area contributed by atoms with Crippen LogP contribution in [0.4, 0.5) is 11.4 Å². The first-order chi connectivity index (χ1) is 17.9. The second kappa shape index (κ2) is 9.74. The molecule has 1 aromatic carbocycles. The molecule has 2 aromatic rings. The average molecular weight is 517 g/mol. The van der Waals surface area contributed by atoms with Crippen molar-refractivity contribution in [2.75, 3.05) is 32.2 Å². The zero-order chi connectivity index (χ0) is 25.7. The van der Waals surface area contributed by atoms with Gasteiger partial charge in [0.2, 0.25) is 5.69 Å². The number of likely N-dealkylation sites (N-methyl/N-ethyl adjacent to an activating group) is 2. The number of hydrazone groups is 1. The van der Waals surface area contributed by atoms with Crippen LogP contribution >= 0.6 is 11.6 Å². The minimum Gasteiger partial charge on any atom is -0.336 e. The number of fused-ring (bicyclic) bond motifs is 3. The first-order valence-electron chi connectivity index (χ1n) is 13.5. The molecule has 0 radical (unpaired) electrons. The molecule has 0 bridgehead atoms. The number of halogens is 1. The predicted molar refractivity (Wildman–Crippen MR) is 147 cm³/mol. The molecular formula is C29H33ClN6O. The van der Waals surface area contributed by atoms with Crippen LogP contribution in [0.2, 0.25) is 5.02 Å². The Kier molecular flexibility index (Phi) is 6.42. The van der Waals surface area contributed by atoms with E-state index in [1.165, 1.54) is 25.7 Å². The number of benzene rings is 1. The van der Waals surface area contributed by atoms with Gasteiger partial charge in [-0.1, -0.05) is 30.5 Å². The Balaban J connectivity index is 1.32. The number of nitrogens with zero attached hydrogens (tertiary/aromatic N) is 6. The van der Waals surface area contributed by atoms with Gasteiger partial charge in [-0.25, -0.2) is 9.83 Å². The zero-order valence-electron chi connectivity index (χ0n) is 21.5. The normalized spacial score (nSPS) is 25.5. The fourth-order valence-electron chi connectivity index (χ4n) is 6.85. The summed E-state index contributed by atoms with van der Waals surface area (Å²) in [6, 6.07) is 10.1. The maximum Gasteiger partial charge on any atom is 0.272 e. The lowest BCUT2D eigenvalue weighted by Gasteiger charge is -2.34. The van der Waals surface area contributed by atoms with Crippen molar-refractivity contribution in [2.24, 2.45) is 16.9 Å². The number of hydrogen-bond acceptors (Lipinski definition) is 5. The summed E-state index contributed by atoms with van der Waals surface area (Å²) in [6.45, 7) is 9.27. The van der Waals surface area contributed by atoms with Gasteiger partial charge in [0.15, 0.2) is 0 Å². The van der Waals surface area contributed by atoms with Crippen molar-refractivity contribution in [1.29, 1.82) is 0 Å². The number of likely N-dealkylation sites (tertiary alicyclic amines) is 1. The molecule has 1 saturated heterocycles. The number of aryl methyl sites for hydroxylation is 1. The second-order valence-corrected chi connectivity index (χ2v) is 11.5. The number of carbonyl (C=O) groups excluding carboxylic acids is 1. The first kappa shape index (κ1) is 24.4. The Morgan fingerprint density at radius 3 is 2.68 bits per heavy atom. The topological polar surface area (TPSA) is 56.4 Å². The third-order valence-corrected chi connectivity index (χ3v) is 9.16. The van der Waals surface area contributed by atoms with Crippen LogP contribution in [0, 0.1) is 18.4 Å². The summed E-state index contributed by atoms with van der Waals surface area (Å²) in [5.41, 5.74) is 5.07. The van der Waals surface area contributed by atoms with Gasteiger partial charge in [0, 0.05) is 36.1 Å². The summed E-state index contributed by atoms with van der Waals surface area (Å²) >= 11 is 6.44. The van der Waals surface area contributed by atoms with Crippen LogP contribution in [0.25, 0.3) is 4.85 Å². The van der Waals surface area contributed by atoms with E-state index in [0.29, 0.717) is 28.2 Å². The molecule has 2 unspecified atom stereocenters. The lowest BCUT2D eigenvalue weighted by molar-refractivity contribution is 0.0731. The van der Waals surface area contributed by atoms with Gasteiger partial charge in [-0.15, -0.1) is 0 Å². The van der Waals surface area contributed by atoms with E-state index in [4.69, 9.17) is 28.3 Å². The summed E-state index contributed by atoms with van der Waals surface area (Å²) in [7, 11) is 4.00. The minimum atomic E-state index is -0.00131. The SMILES string of the molecule is [C-]#[N+]c1ccc(N2N=C3c4ccc(C(=O)N(C)[C@@H]5CCN(C)C5)nc4CCC3C2C2CCCC2)cc1Cl. The van der Waals surface area contributed by atoms with Crippen molar-refractivity contribution in [3.63, 3.8) is 0 Å². The van der Waals surface area contributed by atoms with Crippen molar-refractivity contribution in [3.05, 3.63) is 63.7 Å². The van der Waals surface area contributed by atoms with E-state index in [-0.39, 0.29) is 18.0 Å². The maximum absolute atomic E-state index is 13.3. The third-order valence-electron chi connectivity index (χ3n) is 8.86.